The second-order valence-electron chi connectivity index (χ2n) is 6.21. The molecule has 0 fully saturated rings. The number of nitrogens with one attached hydrogen (secondary N) is 1. The van der Waals surface area contributed by atoms with Crippen molar-refractivity contribution in [3.8, 4) is 11.4 Å². The van der Waals surface area contributed by atoms with Gasteiger partial charge in [-0.1, -0.05) is 48.0 Å². The average Bonchev–Trinajstić information content (AvgIpc) is 3.28. The first-order valence-electron chi connectivity index (χ1n) is 8.92. The van der Waals surface area contributed by atoms with E-state index in [1.807, 2.05) is 48.5 Å². The van der Waals surface area contributed by atoms with Crippen LogP contribution >= 0.6 is 11.6 Å². The standard InChI is InChI=1S/C22H17ClN4O2/c23-17-10-11-21(27-15-24-14-25-27)20(12-17)26-22(28)19-9-5-4-6-16(19)13-29-18-7-2-1-3-8-18/h1-12,14-15H,13H2,(H,26,28). The van der Waals surface area contributed by atoms with Crippen LogP contribution in [0, 0.1) is 0 Å². The maximum Gasteiger partial charge on any atom is 0.256 e. The monoisotopic (exact) mass is 404 g/mol. The number of amides is 1. The third kappa shape index (κ3) is 4.44. The van der Waals surface area contributed by atoms with Crippen molar-refractivity contribution in [2.24, 2.45) is 0 Å². The van der Waals surface area contributed by atoms with Gasteiger partial charge in [0.1, 0.15) is 25.0 Å². The first-order valence-corrected chi connectivity index (χ1v) is 9.30. The largest absolute Gasteiger partial charge is 0.489 e. The number of para-hydroxylation sites is 1. The predicted octanol–water partition coefficient (Wildman–Crippen LogP) is 4.75. The van der Waals surface area contributed by atoms with Crippen molar-refractivity contribution in [2.45, 2.75) is 6.61 Å². The van der Waals surface area contributed by atoms with E-state index in [4.69, 9.17) is 16.3 Å². The third-order valence-electron chi connectivity index (χ3n) is 4.27. The first kappa shape index (κ1) is 18.7. The van der Waals surface area contributed by atoms with Gasteiger partial charge in [0.2, 0.25) is 0 Å². The maximum absolute atomic E-state index is 13.0. The highest BCUT2D eigenvalue weighted by molar-refractivity contribution is 6.31. The van der Waals surface area contributed by atoms with E-state index >= 15 is 0 Å². The van der Waals surface area contributed by atoms with Crippen LogP contribution in [0.5, 0.6) is 5.75 Å². The molecule has 1 N–H and O–H groups in total. The molecule has 0 saturated carbocycles. The summed E-state index contributed by atoms with van der Waals surface area (Å²) in [7, 11) is 0. The van der Waals surface area contributed by atoms with Gasteiger partial charge in [-0.25, -0.2) is 9.67 Å². The van der Waals surface area contributed by atoms with Gasteiger partial charge >= 0.3 is 0 Å². The van der Waals surface area contributed by atoms with Crippen LogP contribution in [-0.2, 0) is 6.61 Å². The number of ether oxygens (including phenoxy) is 1. The van der Waals surface area contributed by atoms with Crippen LogP contribution in [0.25, 0.3) is 5.69 Å². The molecular formula is C22H17ClN4O2. The number of aromatic nitrogens is 3. The highest BCUT2D eigenvalue weighted by atomic mass is 35.5. The lowest BCUT2D eigenvalue weighted by molar-refractivity contribution is 0.102. The SMILES string of the molecule is O=C(Nc1cc(Cl)ccc1-n1cncn1)c1ccccc1COc1ccccc1. The van der Waals surface area contributed by atoms with E-state index in [2.05, 4.69) is 15.4 Å². The summed E-state index contributed by atoms with van der Waals surface area (Å²) in [6, 6.07) is 22.0. The molecule has 6 nitrogen and oxygen atoms in total. The Labute approximate surface area is 172 Å². The number of hydrogen-bond donors (Lipinski definition) is 1. The van der Waals surface area contributed by atoms with Gasteiger partial charge in [-0.05, 0) is 36.4 Å². The Balaban J connectivity index is 1.58. The number of rotatable bonds is 6. The number of carbonyl (C=O) groups is 1. The molecule has 0 aliphatic heterocycles. The molecule has 0 aliphatic carbocycles. The minimum absolute atomic E-state index is 0.263. The fraction of sp³-hybridized carbons (Fsp3) is 0.0455. The van der Waals surface area contributed by atoms with Crippen LogP contribution in [0.15, 0.2) is 85.5 Å². The molecule has 1 amide bonds. The van der Waals surface area contributed by atoms with Crippen LogP contribution in [0.3, 0.4) is 0 Å². The summed E-state index contributed by atoms with van der Waals surface area (Å²) < 4.78 is 7.38. The molecule has 0 atom stereocenters. The van der Waals surface area contributed by atoms with Gasteiger partial charge in [-0.3, -0.25) is 4.79 Å². The molecule has 144 valence electrons. The van der Waals surface area contributed by atoms with E-state index < -0.39 is 0 Å². The molecule has 1 heterocycles. The zero-order chi connectivity index (χ0) is 20.1. The quantitative estimate of drug-likeness (QED) is 0.503. The van der Waals surface area contributed by atoms with Gasteiger partial charge in [-0.15, -0.1) is 0 Å². The van der Waals surface area contributed by atoms with E-state index in [0.29, 0.717) is 22.0 Å². The summed E-state index contributed by atoms with van der Waals surface area (Å²) in [5.74, 6) is 0.479. The molecule has 0 bridgehead atoms. The number of hydrogen-bond acceptors (Lipinski definition) is 4. The lowest BCUT2D eigenvalue weighted by atomic mass is 10.1. The molecule has 0 unspecified atom stereocenters. The Morgan fingerprint density at radius 1 is 1.03 bits per heavy atom. The molecule has 29 heavy (non-hydrogen) atoms. The molecule has 0 aliphatic rings. The van der Waals surface area contributed by atoms with E-state index in [-0.39, 0.29) is 12.5 Å². The Kier molecular flexibility index (Phi) is 5.54. The summed E-state index contributed by atoms with van der Waals surface area (Å²) in [4.78, 5) is 17.0. The molecule has 0 radical (unpaired) electrons. The molecular weight excluding hydrogens is 388 g/mol. The Bertz CT molecular complexity index is 1110. The lowest BCUT2D eigenvalue weighted by Crippen LogP contribution is -2.16. The van der Waals surface area contributed by atoms with Crippen LogP contribution in [0.2, 0.25) is 5.02 Å². The number of nitrogens with zero attached hydrogens (tertiary/aromatic N) is 3. The van der Waals surface area contributed by atoms with E-state index in [9.17, 15) is 4.79 Å². The molecule has 0 saturated heterocycles. The van der Waals surface area contributed by atoms with Crippen molar-refractivity contribution in [1.82, 2.24) is 14.8 Å². The summed E-state index contributed by atoms with van der Waals surface area (Å²) in [5, 5.41) is 7.56. The summed E-state index contributed by atoms with van der Waals surface area (Å²) in [5.41, 5.74) is 2.50. The minimum Gasteiger partial charge on any atom is -0.489 e. The maximum atomic E-state index is 13.0. The normalized spacial score (nSPS) is 10.5. The Hall–Kier alpha value is -3.64. The second-order valence-corrected chi connectivity index (χ2v) is 6.65. The van der Waals surface area contributed by atoms with Crippen LogP contribution in [-0.4, -0.2) is 20.7 Å². The highest BCUT2D eigenvalue weighted by Crippen LogP contribution is 2.25. The van der Waals surface area contributed by atoms with E-state index in [1.165, 1.54) is 6.33 Å². The number of carbonyl (C=O) groups excluding carboxylic acids is 1. The van der Waals surface area contributed by atoms with Gasteiger partial charge in [0.25, 0.3) is 5.91 Å². The first-order chi connectivity index (χ1) is 14.2. The minimum atomic E-state index is -0.263. The Morgan fingerprint density at radius 2 is 1.83 bits per heavy atom. The molecule has 3 aromatic carbocycles. The second kappa shape index (κ2) is 8.58. The van der Waals surface area contributed by atoms with Crippen LogP contribution in [0.1, 0.15) is 15.9 Å². The van der Waals surface area contributed by atoms with Gasteiger partial charge in [0.05, 0.1) is 11.4 Å². The van der Waals surface area contributed by atoms with Gasteiger partial charge in [0, 0.05) is 16.1 Å². The summed E-state index contributed by atoms with van der Waals surface area (Å²) in [6.07, 6.45) is 2.98. The summed E-state index contributed by atoms with van der Waals surface area (Å²) >= 11 is 6.14. The zero-order valence-electron chi connectivity index (χ0n) is 15.3. The fourth-order valence-electron chi connectivity index (χ4n) is 2.88. The van der Waals surface area contributed by atoms with Crippen molar-refractivity contribution >= 4 is 23.2 Å². The molecule has 0 spiro atoms. The Morgan fingerprint density at radius 3 is 2.62 bits per heavy atom. The lowest BCUT2D eigenvalue weighted by Gasteiger charge is -2.14. The molecule has 4 rings (SSSR count). The fourth-order valence-corrected chi connectivity index (χ4v) is 3.05. The van der Waals surface area contributed by atoms with Crippen molar-refractivity contribution in [3.63, 3.8) is 0 Å². The van der Waals surface area contributed by atoms with E-state index in [0.717, 1.165) is 11.3 Å². The van der Waals surface area contributed by atoms with Crippen molar-refractivity contribution < 1.29 is 9.53 Å². The number of benzene rings is 3. The highest BCUT2D eigenvalue weighted by Gasteiger charge is 2.15. The molecule has 1 aromatic heterocycles. The number of anilines is 1. The topological polar surface area (TPSA) is 69.0 Å². The smallest absolute Gasteiger partial charge is 0.256 e. The van der Waals surface area contributed by atoms with Gasteiger partial charge in [-0.2, -0.15) is 5.10 Å². The predicted molar refractivity (Wildman–Crippen MR) is 112 cm³/mol. The molecule has 7 heteroatoms. The summed E-state index contributed by atoms with van der Waals surface area (Å²) in [6.45, 7) is 0.277. The van der Waals surface area contributed by atoms with Crippen molar-refractivity contribution in [1.29, 1.82) is 0 Å². The van der Waals surface area contributed by atoms with Crippen LogP contribution < -0.4 is 10.1 Å². The number of halogens is 1. The average molecular weight is 405 g/mol. The van der Waals surface area contributed by atoms with Crippen molar-refractivity contribution in [3.05, 3.63) is 102 Å². The van der Waals surface area contributed by atoms with Gasteiger partial charge < -0.3 is 10.1 Å². The van der Waals surface area contributed by atoms with Crippen molar-refractivity contribution in [2.75, 3.05) is 5.32 Å². The zero-order valence-corrected chi connectivity index (χ0v) is 16.1. The van der Waals surface area contributed by atoms with Gasteiger partial charge in [0.15, 0.2) is 0 Å². The van der Waals surface area contributed by atoms with Crippen LogP contribution in [0.4, 0.5) is 5.69 Å². The van der Waals surface area contributed by atoms with E-state index in [1.54, 1.807) is 35.3 Å². The third-order valence-corrected chi connectivity index (χ3v) is 4.51. The molecule has 4 aromatic rings.